The Morgan fingerprint density at radius 3 is 2.46 bits per heavy atom. The normalized spacial score (nSPS) is 14.4. The molecule has 0 saturated heterocycles. The number of hydrogen-bond donors (Lipinski definition) is 2. The second-order valence-corrected chi connectivity index (χ2v) is 6.01. The van der Waals surface area contributed by atoms with E-state index >= 15 is 0 Å². The van der Waals surface area contributed by atoms with Crippen LogP contribution in [0.3, 0.4) is 0 Å². The van der Waals surface area contributed by atoms with Crippen molar-refractivity contribution >= 4 is 23.3 Å². The van der Waals surface area contributed by atoms with Crippen molar-refractivity contribution in [1.29, 1.82) is 0 Å². The number of esters is 1. The average molecular weight is 326 g/mol. The number of anilines is 3. The summed E-state index contributed by atoms with van der Waals surface area (Å²) in [5, 5.41) is 6.74. The number of rotatable bonds is 5. The molecule has 1 saturated carbocycles. The van der Waals surface area contributed by atoms with Gasteiger partial charge in [0.2, 0.25) is 0 Å². The van der Waals surface area contributed by atoms with Crippen LogP contribution in [0.1, 0.15) is 41.9 Å². The summed E-state index contributed by atoms with van der Waals surface area (Å²) < 4.78 is 4.70. The van der Waals surface area contributed by atoms with Crippen LogP contribution in [0.5, 0.6) is 0 Å². The molecule has 0 spiro atoms. The minimum Gasteiger partial charge on any atom is -0.465 e. The Morgan fingerprint density at radius 1 is 1.12 bits per heavy atom. The lowest BCUT2D eigenvalue weighted by Gasteiger charge is -2.14. The molecule has 1 fully saturated rings. The van der Waals surface area contributed by atoms with Crippen molar-refractivity contribution in [3.63, 3.8) is 0 Å². The third-order valence-electron chi connectivity index (χ3n) is 4.12. The van der Waals surface area contributed by atoms with Gasteiger partial charge in [-0.05, 0) is 44.0 Å². The zero-order valence-corrected chi connectivity index (χ0v) is 14.0. The summed E-state index contributed by atoms with van der Waals surface area (Å²) in [6.45, 7) is 1.88. The van der Waals surface area contributed by atoms with Crippen molar-refractivity contribution in [3.8, 4) is 0 Å². The van der Waals surface area contributed by atoms with Crippen LogP contribution >= 0.6 is 0 Å². The molecule has 3 rings (SSSR count). The van der Waals surface area contributed by atoms with E-state index in [4.69, 9.17) is 4.74 Å². The van der Waals surface area contributed by atoms with Gasteiger partial charge >= 0.3 is 5.97 Å². The largest absolute Gasteiger partial charge is 0.465 e. The molecular weight excluding hydrogens is 304 g/mol. The summed E-state index contributed by atoms with van der Waals surface area (Å²) in [6, 6.07) is 9.52. The molecule has 126 valence electrons. The molecule has 0 amide bonds. The maximum Gasteiger partial charge on any atom is 0.337 e. The van der Waals surface area contributed by atoms with E-state index in [1.165, 1.54) is 32.8 Å². The zero-order chi connectivity index (χ0) is 16.9. The first-order valence-electron chi connectivity index (χ1n) is 8.21. The maximum absolute atomic E-state index is 11.5. The molecule has 6 nitrogen and oxygen atoms in total. The van der Waals surface area contributed by atoms with Crippen molar-refractivity contribution in [2.75, 3.05) is 17.7 Å². The molecule has 0 radical (unpaired) electrons. The molecule has 6 heteroatoms. The highest BCUT2D eigenvalue weighted by Crippen LogP contribution is 2.23. The summed E-state index contributed by atoms with van der Waals surface area (Å²) in [6.07, 6.45) is 4.94. The third-order valence-corrected chi connectivity index (χ3v) is 4.12. The van der Waals surface area contributed by atoms with Gasteiger partial charge in [0.15, 0.2) is 0 Å². The Kier molecular flexibility index (Phi) is 4.93. The first-order valence-corrected chi connectivity index (χ1v) is 8.21. The van der Waals surface area contributed by atoms with E-state index < -0.39 is 0 Å². The number of aryl methyl sites for hydroxylation is 1. The number of methoxy groups -OCH3 is 1. The van der Waals surface area contributed by atoms with E-state index in [0.717, 1.165) is 17.3 Å². The molecule has 0 atom stereocenters. The van der Waals surface area contributed by atoms with Crippen LogP contribution in [0.4, 0.5) is 17.3 Å². The monoisotopic (exact) mass is 326 g/mol. The number of carbonyl (C=O) groups excluding carboxylic acids is 1. The van der Waals surface area contributed by atoms with Gasteiger partial charge in [0.1, 0.15) is 17.5 Å². The second kappa shape index (κ2) is 7.29. The molecule has 0 aliphatic heterocycles. The summed E-state index contributed by atoms with van der Waals surface area (Å²) in [5.74, 6) is 1.95. The molecule has 0 bridgehead atoms. The molecule has 2 N–H and O–H groups in total. The first-order chi connectivity index (χ1) is 11.6. The summed E-state index contributed by atoms with van der Waals surface area (Å²) in [4.78, 5) is 20.4. The number of hydrogen-bond acceptors (Lipinski definition) is 6. The Bertz CT molecular complexity index is 709. The minimum absolute atomic E-state index is 0.345. The van der Waals surface area contributed by atoms with Crippen molar-refractivity contribution in [2.24, 2.45) is 0 Å². The standard InChI is InChI=1S/C18H22N4O2/c1-12-19-16(21-14-5-3-4-6-14)11-17(20-12)22-15-9-7-13(8-10-15)18(23)24-2/h7-11,14H,3-6H2,1-2H3,(H2,19,20,21,22). The number of nitrogens with one attached hydrogen (secondary N) is 2. The van der Waals surface area contributed by atoms with Gasteiger partial charge in [-0.15, -0.1) is 0 Å². The Balaban J connectivity index is 1.72. The van der Waals surface area contributed by atoms with Gasteiger partial charge in [-0.25, -0.2) is 14.8 Å². The molecule has 0 unspecified atom stereocenters. The van der Waals surface area contributed by atoms with Crippen LogP contribution in [0.2, 0.25) is 0 Å². The van der Waals surface area contributed by atoms with Crippen molar-refractivity contribution in [2.45, 2.75) is 38.6 Å². The van der Waals surface area contributed by atoms with E-state index in [0.29, 0.717) is 17.4 Å². The van der Waals surface area contributed by atoms with E-state index in [-0.39, 0.29) is 5.97 Å². The van der Waals surface area contributed by atoms with Gasteiger partial charge in [0.25, 0.3) is 0 Å². The summed E-state index contributed by atoms with van der Waals surface area (Å²) in [7, 11) is 1.37. The molecule has 1 aliphatic rings. The van der Waals surface area contributed by atoms with Crippen LogP contribution < -0.4 is 10.6 Å². The lowest BCUT2D eigenvalue weighted by molar-refractivity contribution is 0.0601. The van der Waals surface area contributed by atoms with E-state index in [2.05, 4.69) is 20.6 Å². The predicted molar refractivity (Wildman–Crippen MR) is 93.7 cm³/mol. The highest BCUT2D eigenvalue weighted by atomic mass is 16.5. The molecule has 1 aromatic heterocycles. The number of ether oxygens (including phenoxy) is 1. The number of carbonyl (C=O) groups is 1. The maximum atomic E-state index is 11.5. The molecule has 1 aliphatic carbocycles. The van der Waals surface area contributed by atoms with Gasteiger partial charge < -0.3 is 15.4 Å². The van der Waals surface area contributed by atoms with Gasteiger partial charge in [-0.1, -0.05) is 12.8 Å². The lowest BCUT2D eigenvalue weighted by Crippen LogP contribution is -2.16. The van der Waals surface area contributed by atoms with Gasteiger partial charge in [0, 0.05) is 17.8 Å². The number of benzene rings is 1. The lowest BCUT2D eigenvalue weighted by atomic mass is 10.2. The Morgan fingerprint density at radius 2 is 1.79 bits per heavy atom. The predicted octanol–water partition coefficient (Wildman–Crippen LogP) is 3.67. The summed E-state index contributed by atoms with van der Waals surface area (Å²) >= 11 is 0. The SMILES string of the molecule is COC(=O)c1ccc(Nc2cc(NC3CCCC3)nc(C)n2)cc1. The quantitative estimate of drug-likeness (QED) is 0.817. The summed E-state index contributed by atoms with van der Waals surface area (Å²) in [5.41, 5.74) is 1.37. The van der Waals surface area contributed by atoms with E-state index in [9.17, 15) is 4.79 Å². The second-order valence-electron chi connectivity index (χ2n) is 6.01. The number of nitrogens with zero attached hydrogens (tertiary/aromatic N) is 2. The topological polar surface area (TPSA) is 76.1 Å². The first kappa shape index (κ1) is 16.2. The molecule has 1 heterocycles. The third kappa shape index (κ3) is 4.01. The Labute approximate surface area is 141 Å². The average Bonchev–Trinajstić information content (AvgIpc) is 3.07. The van der Waals surface area contributed by atoms with Crippen molar-refractivity contribution < 1.29 is 9.53 Å². The van der Waals surface area contributed by atoms with Crippen LogP contribution in [0.25, 0.3) is 0 Å². The molecular formula is C18H22N4O2. The van der Waals surface area contributed by atoms with Crippen molar-refractivity contribution in [3.05, 3.63) is 41.7 Å². The highest BCUT2D eigenvalue weighted by molar-refractivity contribution is 5.89. The fourth-order valence-corrected chi connectivity index (χ4v) is 2.94. The van der Waals surface area contributed by atoms with Gasteiger partial charge in [-0.2, -0.15) is 0 Å². The number of aromatic nitrogens is 2. The molecule has 2 aromatic rings. The fraction of sp³-hybridized carbons (Fsp3) is 0.389. The van der Waals surface area contributed by atoms with Crippen LogP contribution in [-0.4, -0.2) is 29.1 Å². The highest BCUT2D eigenvalue weighted by Gasteiger charge is 2.15. The molecule has 1 aromatic carbocycles. The van der Waals surface area contributed by atoms with Gasteiger partial charge in [-0.3, -0.25) is 0 Å². The Hall–Kier alpha value is -2.63. The minimum atomic E-state index is -0.345. The van der Waals surface area contributed by atoms with E-state index in [1.807, 2.05) is 25.1 Å². The van der Waals surface area contributed by atoms with Gasteiger partial charge in [0.05, 0.1) is 12.7 Å². The van der Waals surface area contributed by atoms with E-state index in [1.54, 1.807) is 12.1 Å². The van der Waals surface area contributed by atoms with Crippen LogP contribution in [0, 0.1) is 6.92 Å². The zero-order valence-electron chi connectivity index (χ0n) is 14.0. The smallest absolute Gasteiger partial charge is 0.337 e. The fourth-order valence-electron chi connectivity index (χ4n) is 2.94. The van der Waals surface area contributed by atoms with Crippen molar-refractivity contribution in [1.82, 2.24) is 9.97 Å². The molecule has 24 heavy (non-hydrogen) atoms. The van der Waals surface area contributed by atoms with Crippen LogP contribution in [0.15, 0.2) is 30.3 Å². The van der Waals surface area contributed by atoms with Crippen LogP contribution in [-0.2, 0) is 4.74 Å².